The third-order valence-corrected chi connectivity index (χ3v) is 4.67. The predicted octanol–water partition coefficient (Wildman–Crippen LogP) is 1.11. The number of aromatic nitrogens is 1. The van der Waals surface area contributed by atoms with Crippen LogP contribution < -0.4 is 0 Å². The summed E-state index contributed by atoms with van der Waals surface area (Å²) in [4.78, 5) is 18.3. The van der Waals surface area contributed by atoms with Crippen molar-refractivity contribution >= 4 is 5.91 Å². The Morgan fingerprint density at radius 3 is 3.17 bits per heavy atom. The summed E-state index contributed by atoms with van der Waals surface area (Å²) in [7, 11) is 0. The Hall–Kier alpha value is -1.50. The van der Waals surface area contributed by atoms with Crippen LogP contribution in [0.2, 0.25) is 0 Å². The molecule has 2 aliphatic heterocycles. The third-order valence-electron chi connectivity index (χ3n) is 4.67. The summed E-state index contributed by atoms with van der Waals surface area (Å²) in [6.45, 7) is 6.47. The van der Waals surface area contributed by atoms with Crippen LogP contribution in [0.5, 0.6) is 0 Å². The number of likely N-dealkylation sites (tertiary alicyclic amines) is 1. The van der Waals surface area contributed by atoms with Gasteiger partial charge in [0.15, 0.2) is 0 Å². The molecule has 1 aromatic heterocycles. The second-order valence-corrected chi connectivity index (χ2v) is 6.30. The van der Waals surface area contributed by atoms with Gasteiger partial charge in [0.1, 0.15) is 6.61 Å². The molecule has 6 heteroatoms. The number of carbonyl (C=O) groups is 1. The lowest BCUT2D eigenvalue weighted by molar-refractivity contribution is -0.136. The summed E-state index contributed by atoms with van der Waals surface area (Å²) in [5.41, 5.74) is 0.832. The van der Waals surface area contributed by atoms with Crippen LogP contribution in [0.1, 0.15) is 12.6 Å². The first-order chi connectivity index (χ1) is 11.2. The molecule has 2 saturated heterocycles. The van der Waals surface area contributed by atoms with Crippen LogP contribution in [-0.2, 0) is 25.6 Å². The molecule has 23 heavy (non-hydrogen) atoms. The molecule has 2 aliphatic rings. The number of ether oxygens (including phenoxy) is 3. The van der Waals surface area contributed by atoms with Crippen molar-refractivity contribution in [1.29, 1.82) is 0 Å². The van der Waals surface area contributed by atoms with Crippen LogP contribution in [0.3, 0.4) is 0 Å². The molecule has 6 nitrogen and oxygen atoms in total. The largest absolute Gasteiger partial charge is 0.380 e. The zero-order chi connectivity index (χ0) is 16.1. The Labute approximate surface area is 136 Å². The predicted molar refractivity (Wildman–Crippen MR) is 83.7 cm³/mol. The van der Waals surface area contributed by atoms with Gasteiger partial charge in [0.05, 0.1) is 32.1 Å². The second kappa shape index (κ2) is 7.38. The maximum atomic E-state index is 12.2. The molecule has 0 aromatic carbocycles. The molecular formula is C17H24N2O4. The summed E-state index contributed by atoms with van der Waals surface area (Å²) in [6.07, 6.45) is 1.77. The number of pyridine rings is 1. The van der Waals surface area contributed by atoms with Gasteiger partial charge in [-0.1, -0.05) is 6.07 Å². The first-order valence-corrected chi connectivity index (χ1v) is 8.14. The monoisotopic (exact) mass is 320 g/mol. The van der Waals surface area contributed by atoms with Crippen LogP contribution in [0, 0.1) is 11.3 Å². The van der Waals surface area contributed by atoms with Crippen molar-refractivity contribution < 1.29 is 19.0 Å². The Morgan fingerprint density at radius 2 is 2.39 bits per heavy atom. The highest BCUT2D eigenvalue weighted by Gasteiger charge is 2.51. The first-order valence-electron chi connectivity index (χ1n) is 8.14. The van der Waals surface area contributed by atoms with Crippen LogP contribution in [0.4, 0.5) is 0 Å². The van der Waals surface area contributed by atoms with Gasteiger partial charge in [-0.2, -0.15) is 0 Å². The molecule has 3 rings (SSSR count). The van der Waals surface area contributed by atoms with Crippen LogP contribution in [0.25, 0.3) is 0 Å². The van der Waals surface area contributed by atoms with E-state index >= 15 is 0 Å². The summed E-state index contributed by atoms with van der Waals surface area (Å²) in [5.74, 6) is 0.405. The lowest BCUT2D eigenvalue weighted by Crippen LogP contribution is -2.38. The van der Waals surface area contributed by atoms with E-state index in [1.807, 2.05) is 30.0 Å². The molecule has 1 amide bonds. The summed E-state index contributed by atoms with van der Waals surface area (Å²) >= 11 is 0. The minimum absolute atomic E-state index is 0.0605. The highest BCUT2D eigenvalue weighted by atomic mass is 16.5. The van der Waals surface area contributed by atoms with Gasteiger partial charge < -0.3 is 19.1 Å². The van der Waals surface area contributed by atoms with Crippen molar-refractivity contribution in [2.24, 2.45) is 11.3 Å². The fourth-order valence-electron chi connectivity index (χ4n) is 3.35. The molecule has 0 bridgehead atoms. The Balaban J connectivity index is 1.55. The molecule has 1 aromatic rings. The van der Waals surface area contributed by atoms with E-state index < -0.39 is 0 Å². The fourth-order valence-corrected chi connectivity index (χ4v) is 3.35. The highest BCUT2D eigenvalue weighted by Crippen LogP contribution is 2.41. The van der Waals surface area contributed by atoms with E-state index in [1.54, 1.807) is 6.20 Å². The minimum atomic E-state index is -0.0867. The van der Waals surface area contributed by atoms with Crippen LogP contribution in [0.15, 0.2) is 24.4 Å². The molecule has 0 saturated carbocycles. The molecule has 2 atom stereocenters. The van der Waals surface area contributed by atoms with Crippen molar-refractivity contribution in [2.45, 2.75) is 13.5 Å². The second-order valence-electron chi connectivity index (χ2n) is 6.30. The molecule has 0 N–H and O–H groups in total. The SMILES string of the molecule is CCOCC(=O)N1C[C@@H]2COC[C@]2(COCc2ccccn2)C1. The maximum Gasteiger partial charge on any atom is 0.248 e. The number of fused-ring (bicyclic) bond motifs is 1. The van der Waals surface area contributed by atoms with Gasteiger partial charge in [-0.15, -0.1) is 0 Å². The molecule has 126 valence electrons. The Kier molecular flexibility index (Phi) is 5.25. The van der Waals surface area contributed by atoms with Crippen molar-refractivity contribution in [3.63, 3.8) is 0 Å². The standard InChI is InChI=1S/C17H24N2O4/c1-2-21-10-16(20)19-7-14-8-22-12-17(14,11-19)13-23-9-15-5-3-4-6-18-15/h3-6,14H,2,7-13H2,1H3/t14-,17+/m1/s1. The van der Waals surface area contributed by atoms with Gasteiger partial charge in [0, 0.05) is 37.2 Å². The number of hydrogen-bond acceptors (Lipinski definition) is 5. The summed E-state index contributed by atoms with van der Waals surface area (Å²) < 4.78 is 16.8. The lowest BCUT2D eigenvalue weighted by Gasteiger charge is -2.26. The number of rotatable bonds is 7. The number of carbonyl (C=O) groups excluding carboxylic acids is 1. The van der Waals surface area contributed by atoms with Crippen LogP contribution >= 0.6 is 0 Å². The summed E-state index contributed by atoms with van der Waals surface area (Å²) in [6, 6.07) is 5.80. The number of hydrogen-bond donors (Lipinski definition) is 0. The van der Waals surface area contributed by atoms with Crippen LogP contribution in [-0.4, -0.2) is 61.9 Å². The van der Waals surface area contributed by atoms with E-state index in [4.69, 9.17) is 14.2 Å². The van der Waals surface area contributed by atoms with Crippen molar-refractivity contribution in [3.05, 3.63) is 30.1 Å². The minimum Gasteiger partial charge on any atom is -0.380 e. The van der Waals surface area contributed by atoms with E-state index in [0.29, 0.717) is 45.5 Å². The van der Waals surface area contributed by atoms with Crippen molar-refractivity contribution in [2.75, 3.05) is 46.1 Å². The molecule has 3 heterocycles. The molecule has 0 aliphatic carbocycles. The zero-order valence-electron chi connectivity index (χ0n) is 13.6. The van der Waals surface area contributed by atoms with E-state index in [-0.39, 0.29) is 17.9 Å². The van der Waals surface area contributed by atoms with E-state index in [1.165, 1.54) is 0 Å². The Bertz CT molecular complexity index is 525. The third kappa shape index (κ3) is 3.71. The normalized spacial score (nSPS) is 26.5. The van der Waals surface area contributed by atoms with Gasteiger partial charge in [0.2, 0.25) is 5.91 Å². The smallest absolute Gasteiger partial charge is 0.248 e. The number of amides is 1. The first kappa shape index (κ1) is 16.4. The maximum absolute atomic E-state index is 12.2. The molecule has 2 fully saturated rings. The molecule has 0 spiro atoms. The van der Waals surface area contributed by atoms with Gasteiger partial charge in [0.25, 0.3) is 0 Å². The van der Waals surface area contributed by atoms with E-state index in [0.717, 1.165) is 12.2 Å². The average Bonchev–Trinajstić information content (AvgIpc) is 3.10. The fraction of sp³-hybridized carbons (Fsp3) is 0.647. The molecule has 0 unspecified atom stereocenters. The van der Waals surface area contributed by atoms with Crippen molar-refractivity contribution in [1.82, 2.24) is 9.88 Å². The summed E-state index contributed by atoms with van der Waals surface area (Å²) in [5, 5.41) is 0. The van der Waals surface area contributed by atoms with Crippen molar-refractivity contribution in [3.8, 4) is 0 Å². The van der Waals surface area contributed by atoms with Gasteiger partial charge >= 0.3 is 0 Å². The topological polar surface area (TPSA) is 60.9 Å². The van der Waals surface area contributed by atoms with Gasteiger partial charge in [-0.05, 0) is 19.1 Å². The quantitative estimate of drug-likeness (QED) is 0.753. The highest BCUT2D eigenvalue weighted by molar-refractivity contribution is 5.78. The van der Waals surface area contributed by atoms with Gasteiger partial charge in [-0.3, -0.25) is 9.78 Å². The zero-order valence-corrected chi connectivity index (χ0v) is 13.6. The number of nitrogens with zero attached hydrogens (tertiary/aromatic N) is 2. The average molecular weight is 320 g/mol. The molecular weight excluding hydrogens is 296 g/mol. The lowest BCUT2D eigenvalue weighted by atomic mass is 9.82. The molecule has 0 radical (unpaired) electrons. The van der Waals surface area contributed by atoms with Gasteiger partial charge in [-0.25, -0.2) is 0 Å². The Morgan fingerprint density at radius 1 is 1.48 bits per heavy atom. The van der Waals surface area contributed by atoms with E-state index in [2.05, 4.69) is 4.98 Å². The van der Waals surface area contributed by atoms with E-state index in [9.17, 15) is 4.79 Å².